The van der Waals surface area contributed by atoms with Gasteiger partial charge in [0.2, 0.25) is 0 Å². The van der Waals surface area contributed by atoms with E-state index in [1.54, 1.807) is 0 Å². The van der Waals surface area contributed by atoms with Crippen molar-refractivity contribution in [3.8, 4) is 5.75 Å². The molecule has 1 unspecified atom stereocenters. The third-order valence-corrected chi connectivity index (χ3v) is 3.54. The molecular formula is C19H22O3. The fraction of sp³-hybridized carbons (Fsp3) is 0.316. The molecule has 1 atom stereocenters. The average molecular weight is 298 g/mol. The standard InChI is InChI=1S/C19H22O3/c1-19(2,3)15-9-11-16(12-10-15)22-17(18(20)21)13-14-7-5-4-6-8-14/h4-12,17H,13H2,1-3H3,(H,20,21). The second kappa shape index (κ2) is 6.65. The molecule has 0 aliphatic rings. The molecule has 0 radical (unpaired) electrons. The van der Waals surface area contributed by atoms with E-state index in [4.69, 9.17) is 4.74 Å². The lowest BCUT2D eigenvalue weighted by Crippen LogP contribution is -2.29. The highest BCUT2D eigenvalue weighted by Gasteiger charge is 2.20. The van der Waals surface area contributed by atoms with Crippen LogP contribution >= 0.6 is 0 Å². The van der Waals surface area contributed by atoms with Crippen molar-refractivity contribution < 1.29 is 14.6 Å². The highest BCUT2D eigenvalue weighted by Crippen LogP contribution is 2.25. The van der Waals surface area contributed by atoms with E-state index < -0.39 is 12.1 Å². The first-order chi connectivity index (χ1) is 10.4. The summed E-state index contributed by atoms with van der Waals surface area (Å²) in [6.45, 7) is 6.41. The van der Waals surface area contributed by atoms with Crippen molar-refractivity contribution in [3.63, 3.8) is 0 Å². The smallest absolute Gasteiger partial charge is 0.345 e. The maximum absolute atomic E-state index is 11.4. The number of rotatable bonds is 5. The highest BCUT2D eigenvalue weighted by atomic mass is 16.5. The number of benzene rings is 2. The minimum atomic E-state index is -0.955. The average Bonchev–Trinajstić information content (AvgIpc) is 2.47. The van der Waals surface area contributed by atoms with Crippen molar-refractivity contribution in [1.29, 1.82) is 0 Å². The molecule has 0 aliphatic carbocycles. The fourth-order valence-electron chi connectivity index (χ4n) is 2.21. The van der Waals surface area contributed by atoms with E-state index in [1.165, 1.54) is 5.56 Å². The Morgan fingerprint density at radius 1 is 1.05 bits per heavy atom. The van der Waals surface area contributed by atoms with Crippen molar-refractivity contribution in [2.45, 2.75) is 38.7 Å². The summed E-state index contributed by atoms with van der Waals surface area (Å²) in [6, 6.07) is 17.1. The predicted octanol–water partition coefficient (Wildman–Crippen LogP) is 4.06. The number of carboxylic acid groups (broad SMARTS) is 1. The fourth-order valence-corrected chi connectivity index (χ4v) is 2.21. The summed E-state index contributed by atoms with van der Waals surface area (Å²) >= 11 is 0. The summed E-state index contributed by atoms with van der Waals surface area (Å²) in [5.74, 6) is -0.375. The van der Waals surface area contributed by atoms with Crippen molar-refractivity contribution in [1.82, 2.24) is 0 Å². The summed E-state index contributed by atoms with van der Waals surface area (Å²) in [6.07, 6.45) is -0.542. The maximum Gasteiger partial charge on any atom is 0.345 e. The summed E-state index contributed by atoms with van der Waals surface area (Å²) in [5.41, 5.74) is 2.20. The molecular weight excluding hydrogens is 276 g/mol. The molecule has 2 rings (SSSR count). The van der Waals surface area contributed by atoms with Gasteiger partial charge < -0.3 is 9.84 Å². The summed E-state index contributed by atoms with van der Waals surface area (Å²) in [5, 5.41) is 9.35. The Hall–Kier alpha value is -2.29. The number of hydrogen-bond acceptors (Lipinski definition) is 2. The van der Waals surface area contributed by atoms with Crippen LogP contribution in [0.15, 0.2) is 54.6 Å². The van der Waals surface area contributed by atoms with Gasteiger partial charge in [-0.1, -0.05) is 63.2 Å². The molecule has 2 aromatic rings. The molecule has 22 heavy (non-hydrogen) atoms. The molecule has 0 fully saturated rings. The molecule has 0 saturated heterocycles. The van der Waals surface area contributed by atoms with E-state index in [0.717, 1.165) is 5.56 Å². The van der Waals surface area contributed by atoms with Gasteiger partial charge in [0.25, 0.3) is 0 Å². The number of ether oxygens (including phenoxy) is 1. The van der Waals surface area contributed by atoms with Gasteiger partial charge in [-0.05, 0) is 28.7 Å². The van der Waals surface area contributed by atoms with Gasteiger partial charge in [0.15, 0.2) is 6.10 Å². The van der Waals surface area contributed by atoms with Gasteiger partial charge in [-0.15, -0.1) is 0 Å². The Labute approximate surface area is 131 Å². The number of hydrogen-bond donors (Lipinski definition) is 1. The van der Waals surface area contributed by atoms with Crippen LogP contribution in [-0.2, 0) is 16.6 Å². The predicted molar refractivity (Wildman–Crippen MR) is 87.3 cm³/mol. The molecule has 0 heterocycles. The molecule has 3 nitrogen and oxygen atoms in total. The van der Waals surface area contributed by atoms with Crippen LogP contribution in [0.4, 0.5) is 0 Å². The zero-order chi connectivity index (χ0) is 16.2. The molecule has 0 saturated carbocycles. The van der Waals surface area contributed by atoms with Gasteiger partial charge in [0, 0.05) is 6.42 Å². The van der Waals surface area contributed by atoms with E-state index in [2.05, 4.69) is 20.8 Å². The Bertz CT molecular complexity index is 609. The number of carboxylic acids is 1. The Kier molecular flexibility index (Phi) is 4.86. The molecule has 2 aromatic carbocycles. The first-order valence-corrected chi connectivity index (χ1v) is 7.40. The summed E-state index contributed by atoms with van der Waals surface area (Å²) in [4.78, 5) is 11.4. The van der Waals surface area contributed by atoms with E-state index in [-0.39, 0.29) is 5.41 Å². The van der Waals surface area contributed by atoms with Crippen LogP contribution in [0.25, 0.3) is 0 Å². The van der Waals surface area contributed by atoms with Crippen molar-refractivity contribution >= 4 is 5.97 Å². The minimum absolute atomic E-state index is 0.0643. The highest BCUT2D eigenvalue weighted by molar-refractivity contribution is 5.73. The minimum Gasteiger partial charge on any atom is -0.478 e. The van der Waals surface area contributed by atoms with Crippen LogP contribution in [-0.4, -0.2) is 17.2 Å². The Morgan fingerprint density at radius 3 is 2.14 bits per heavy atom. The Morgan fingerprint density at radius 2 is 1.64 bits per heavy atom. The van der Waals surface area contributed by atoms with Gasteiger partial charge in [-0.2, -0.15) is 0 Å². The Balaban J connectivity index is 2.10. The molecule has 0 aliphatic heterocycles. The molecule has 0 amide bonds. The molecule has 0 aromatic heterocycles. The molecule has 0 spiro atoms. The third kappa shape index (κ3) is 4.35. The second-order valence-electron chi connectivity index (χ2n) is 6.41. The van der Waals surface area contributed by atoms with Crippen LogP contribution in [0.5, 0.6) is 5.75 Å². The lowest BCUT2D eigenvalue weighted by atomic mass is 9.87. The largest absolute Gasteiger partial charge is 0.478 e. The van der Waals surface area contributed by atoms with Crippen molar-refractivity contribution in [2.75, 3.05) is 0 Å². The quantitative estimate of drug-likeness (QED) is 0.905. The zero-order valence-electron chi connectivity index (χ0n) is 13.2. The lowest BCUT2D eigenvalue weighted by Gasteiger charge is -2.20. The monoisotopic (exact) mass is 298 g/mol. The van der Waals surface area contributed by atoms with Crippen molar-refractivity contribution in [2.24, 2.45) is 0 Å². The number of carbonyl (C=O) groups is 1. The van der Waals surface area contributed by atoms with Gasteiger partial charge >= 0.3 is 5.97 Å². The molecule has 3 heteroatoms. The van der Waals surface area contributed by atoms with Gasteiger partial charge in [-0.3, -0.25) is 0 Å². The van der Waals surface area contributed by atoms with E-state index in [0.29, 0.717) is 12.2 Å². The normalized spacial score (nSPS) is 12.7. The lowest BCUT2D eigenvalue weighted by molar-refractivity contribution is -0.145. The van der Waals surface area contributed by atoms with E-state index in [9.17, 15) is 9.90 Å². The van der Waals surface area contributed by atoms with Gasteiger partial charge in [0.1, 0.15) is 5.75 Å². The topological polar surface area (TPSA) is 46.5 Å². The van der Waals surface area contributed by atoms with E-state index >= 15 is 0 Å². The number of aliphatic carboxylic acids is 1. The summed E-state index contributed by atoms with van der Waals surface area (Å²) in [7, 11) is 0. The maximum atomic E-state index is 11.4. The summed E-state index contributed by atoms with van der Waals surface area (Å²) < 4.78 is 5.65. The first kappa shape index (κ1) is 16.1. The molecule has 0 bridgehead atoms. The van der Waals surface area contributed by atoms with Crippen LogP contribution in [0.1, 0.15) is 31.9 Å². The zero-order valence-corrected chi connectivity index (χ0v) is 13.2. The molecule has 116 valence electrons. The van der Waals surface area contributed by atoms with Crippen LogP contribution < -0.4 is 4.74 Å². The van der Waals surface area contributed by atoms with Gasteiger partial charge in [0.05, 0.1) is 0 Å². The third-order valence-electron chi connectivity index (χ3n) is 3.54. The van der Waals surface area contributed by atoms with Crippen LogP contribution in [0, 0.1) is 0 Å². The van der Waals surface area contributed by atoms with Crippen LogP contribution in [0.3, 0.4) is 0 Å². The first-order valence-electron chi connectivity index (χ1n) is 7.40. The molecule has 1 N–H and O–H groups in total. The van der Waals surface area contributed by atoms with Crippen LogP contribution in [0.2, 0.25) is 0 Å². The second-order valence-corrected chi connectivity index (χ2v) is 6.41. The van der Waals surface area contributed by atoms with Gasteiger partial charge in [-0.25, -0.2) is 4.79 Å². The SMILES string of the molecule is CC(C)(C)c1ccc(OC(Cc2ccccc2)C(=O)O)cc1. The van der Waals surface area contributed by atoms with E-state index in [1.807, 2.05) is 54.6 Å². The van der Waals surface area contributed by atoms with Crippen molar-refractivity contribution in [3.05, 3.63) is 65.7 Å².